The van der Waals surface area contributed by atoms with E-state index in [-0.39, 0.29) is 120 Å². The van der Waals surface area contributed by atoms with Crippen LogP contribution in [-0.4, -0.2) is 279 Å². The minimum Gasteiger partial charge on any atom is -0.481 e. The minimum atomic E-state index is -5.26. The number of hydrogen-bond donors (Lipinski definition) is 12. The number of fused-ring (bicyclic) bond motifs is 6. The Morgan fingerprint density at radius 3 is 1.19 bits per heavy atom. The Bertz CT molecular complexity index is 6370. The molecule has 14 rings (SSSR count). The third kappa shape index (κ3) is 24.3. The molecule has 48 heteroatoms. The average Bonchev–Trinajstić information content (AvgIpc) is 1.57. The molecule has 0 saturated carbocycles. The fourth-order valence-electron chi connectivity index (χ4n) is 20.2. The third-order valence-corrected chi connectivity index (χ3v) is 32.6. The number of carbonyl (C=O) groups is 4. The van der Waals surface area contributed by atoms with Crippen LogP contribution in [0.15, 0.2) is 104 Å². The van der Waals surface area contributed by atoms with E-state index in [1.807, 2.05) is 19.3 Å². The summed E-state index contributed by atoms with van der Waals surface area (Å²) in [6.45, 7) is 10.1. The number of amides is 2. The van der Waals surface area contributed by atoms with Crippen LogP contribution in [0.5, 0.6) is 0 Å². The van der Waals surface area contributed by atoms with Crippen molar-refractivity contribution in [2.45, 2.75) is 223 Å². The van der Waals surface area contributed by atoms with Crippen molar-refractivity contribution in [3.8, 4) is 0 Å². The molecule has 0 bridgehead atoms. The van der Waals surface area contributed by atoms with Crippen LogP contribution in [0.2, 0.25) is 0 Å². The van der Waals surface area contributed by atoms with E-state index in [9.17, 15) is 107 Å². The zero-order chi connectivity index (χ0) is 97.1. The lowest BCUT2D eigenvalue weighted by Gasteiger charge is -2.35. The van der Waals surface area contributed by atoms with Crippen molar-refractivity contribution >= 4 is 159 Å². The molecule has 8 aliphatic heterocycles. The number of rotatable bonds is 37. The normalized spacial score (nSPS) is 21.0. The lowest BCUT2D eigenvalue weighted by atomic mass is 9.74. The quantitative estimate of drug-likeness (QED) is 0.00811. The molecule has 4 aromatic carbocycles. The number of nitrogens with one attached hydrogen (secondary N) is 2. The zero-order valence-electron chi connectivity index (χ0n) is 75.2. The second kappa shape index (κ2) is 41.5. The standard InChI is InChI=1S/C87H118N18O24S6/c1-86(34-12-50-130(112,113)114)72(104(68-20-18-64-66(76(68)86)52-62(132(118,119)120)54-70(64)134(124,125)126)36-10-4-8-16-74(106)90-60-30-46-102(47-31-60)84-94-80(98-38-22-56(23-39-98)78(108)109)92-82(96-84)100-42-26-58(88)27-43-100)14-6-3-7-15-73-87(2,35-13-51-131(115,116)117)77-67-53-63(133(121,122)123)55-71(135(127,128)129)65(67)19-21-69(77)105(73)37-11-5-9-17-75(107)91-61-32-48-103(49-33-61)85-95-81(99-40-24-57(25-41-99)79(110)111)93-83(97-85)101-44-28-59(89)29-45-101/h3,6-7,14-15,18-21,52-61H,4-5,8-13,16-17,22-51,88-89H2,1-2H3,(H9-,90,91,106,107,108,109,110,111,112,113,114,115,116,117,118,119,120,121,122,123,124,125,126,127,128,129)/p+1. The molecular formula is C87H119N18O24S6+. The van der Waals surface area contributed by atoms with Crippen molar-refractivity contribution in [3.05, 3.63) is 95.7 Å². The molecule has 6 aromatic rings. The minimum absolute atomic E-state index is 0.0570. The number of benzene rings is 4. The van der Waals surface area contributed by atoms with Crippen LogP contribution in [0.4, 0.5) is 47.1 Å². The highest BCUT2D eigenvalue weighted by atomic mass is 32.2. The summed E-state index contributed by atoms with van der Waals surface area (Å²) in [6.07, 6.45) is 16.9. The van der Waals surface area contributed by atoms with Gasteiger partial charge in [0.05, 0.1) is 38.5 Å². The summed E-state index contributed by atoms with van der Waals surface area (Å²) in [5.41, 5.74) is 11.6. The van der Waals surface area contributed by atoms with E-state index in [1.54, 1.807) is 56.4 Å². The van der Waals surface area contributed by atoms with Crippen LogP contribution in [0.1, 0.15) is 179 Å². The van der Waals surface area contributed by atoms with Gasteiger partial charge in [-0.1, -0.05) is 30.7 Å². The lowest BCUT2D eigenvalue weighted by molar-refractivity contribution is -0.438. The molecule has 6 fully saturated rings. The highest BCUT2D eigenvalue weighted by molar-refractivity contribution is 7.87. The Balaban J connectivity index is 0.724. The maximum Gasteiger partial charge on any atom is 0.306 e. The molecule has 10 heterocycles. The number of carboxylic acid groups (broad SMARTS) is 2. The summed E-state index contributed by atoms with van der Waals surface area (Å²) in [5.74, 6) is -1.65. The van der Waals surface area contributed by atoms with E-state index in [0.29, 0.717) is 239 Å². The third-order valence-electron chi connectivity index (χ3n) is 27.5. The summed E-state index contributed by atoms with van der Waals surface area (Å²) < 4.78 is 221. The highest BCUT2D eigenvalue weighted by Crippen LogP contribution is 2.55. The van der Waals surface area contributed by atoms with Crippen molar-refractivity contribution in [1.82, 2.24) is 40.5 Å². The van der Waals surface area contributed by atoms with Gasteiger partial charge in [0.1, 0.15) is 16.3 Å². The number of piperidine rings is 6. The molecule has 14 N–H and O–H groups in total. The second-order valence-electron chi connectivity index (χ2n) is 36.9. The average molecular weight is 1990 g/mol. The van der Waals surface area contributed by atoms with Crippen LogP contribution < -0.4 is 56.4 Å². The van der Waals surface area contributed by atoms with Crippen LogP contribution in [0.3, 0.4) is 0 Å². The van der Waals surface area contributed by atoms with E-state index in [1.165, 1.54) is 12.1 Å². The van der Waals surface area contributed by atoms with Gasteiger partial charge in [-0.05, 0) is 201 Å². The first-order chi connectivity index (χ1) is 63.7. The topological polar surface area (TPSA) is 614 Å². The Hall–Kier alpha value is -9.83. The number of carboxylic acids is 2. The van der Waals surface area contributed by atoms with Gasteiger partial charge in [-0.2, -0.15) is 85.0 Å². The lowest BCUT2D eigenvalue weighted by Crippen LogP contribution is -2.46. The molecule has 42 nitrogen and oxygen atoms in total. The van der Waals surface area contributed by atoms with Crippen molar-refractivity contribution in [1.29, 1.82) is 0 Å². The molecule has 2 unspecified atom stereocenters. The van der Waals surface area contributed by atoms with Gasteiger partial charge < -0.3 is 66.6 Å². The summed E-state index contributed by atoms with van der Waals surface area (Å²) in [7, 11) is -30.3. The Morgan fingerprint density at radius 1 is 0.430 bits per heavy atom. The van der Waals surface area contributed by atoms with Crippen molar-refractivity contribution in [3.63, 3.8) is 0 Å². The molecule has 2 aromatic heterocycles. The molecule has 736 valence electrons. The molecule has 8 aliphatic rings. The molecule has 6 saturated heterocycles. The number of hydrogen-bond acceptors (Lipinski definition) is 31. The maximum absolute atomic E-state index is 13.9. The predicted molar refractivity (Wildman–Crippen MR) is 504 cm³/mol. The number of anilines is 7. The van der Waals surface area contributed by atoms with Crippen LogP contribution >= 0.6 is 0 Å². The van der Waals surface area contributed by atoms with Gasteiger partial charge in [-0.3, -0.25) is 46.5 Å². The maximum atomic E-state index is 13.9. The number of carbonyl (C=O) groups excluding carboxylic acids is 2. The van der Waals surface area contributed by atoms with E-state index >= 15 is 0 Å². The number of aliphatic carboxylic acids is 2. The van der Waals surface area contributed by atoms with Gasteiger partial charge in [0.15, 0.2) is 5.71 Å². The summed E-state index contributed by atoms with van der Waals surface area (Å²) in [5, 5.41) is 25.3. The van der Waals surface area contributed by atoms with Crippen molar-refractivity contribution in [2.24, 2.45) is 23.3 Å². The first-order valence-electron chi connectivity index (χ1n) is 45.8. The molecule has 2 amide bonds. The van der Waals surface area contributed by atoms with Gasteiger partial charge in [0, 0.05) is 174 Å². The highest BCUT2D eigenvalue weighted by Gasteiger charge is 2.50. The Morgan fingerprint density at radius 2 is 0.800 bits per heavy atom. The second-order valence-corrected chi connectivity index (χ2v) is 45.6. The van der Waals surface area contributed by atoms with Gasteiger partial charge in [0.25, 0.3) is 60.7 Å². The fraction of sp³-hybridized carbons (Fsp3) is 0.575. The first-order valence-corrected chi connectivity index (χ1v) is 54.8. The van der Waals surface area contributed by atoms with Crippen molar-refractivity contribution in [2.75, 3.05) is 137 Å². The number of nitrogens with two attached hydrogens (primary N) is 2. The Labute approximate surface area is 785 Å². The summed E-state index contributed by atoms with van der Waals surface area (Å²) in [4.78, 5) is 91.5. The molecular weight excluding hydrogens is 1870 g/mol. The Kier molecular flexibility index (Phi) is 31.0. The number of nitrogens with zero attached hydrogens (tertiary/aromatic N) is 14. The van der Waals surface area contributed by atoms with Gasteiger partial charge in [-0.15, -0.1) is 0 Å². The van der Waals surface area contributed by atoms with E-state index in [0.717, 1.165) is 37.8 Å². The summed E-state index contributed by atoms with van der Waals surface area (Å²) >= 11 is 0. The van der Waals surface area contributed by atoms with Crippen LogP contribution in [-0.2, 0) is 90.7 Å². The monoisotopic (exact) mass is 1990 g/mol. The molecule has 135 heavy (non-hydrogen) atoms. The molecule has 0 aliphatic carbocycles. The smallest absolute Gasteiger partial charge is 0.306 e. The van der Waals surface area contributed by atoms with Gasteiger partial charge >= 0.3 is 11.9 Å². The SMILES string of the molecule is CC1(CCCS(=O)(=O)O)C(/C=C/C=C/C=C2/N(CCCCCC(=O)NC3CCN(c4nc(N5CCC(N)CC5)nc(N5CCC(C(=O)O)CC5)n4)CC3)c3ccc4c(S(=O)(=O)O)cc(S(=O)(=O)O)cc4c3C2(C)CCCS(=O)(=O)O)=[N+](CCCCCC(=O)NC2CCN(c3nc(N4CCC(N)CC4)nc(N4CCC(C(=O)O)CC4)n3)CC2)c2ccc3c(S(=O)(=O)O)cc(S(=O)(=O)O)cc3c21. The number of allylic oxidation sites excluding steroid dienone is 6. The number of aromatic nitrogens is 6. The molecule has 2 atom stereocenters. The molecule has 0 radical (unpaired) electrons. The first kappa shape index (κ1) is 101. The van der Waals surface area contributed by atoms with E-state index in [4.69, 9.17) is 41.4 Å². The van der Waals surface area contributed by atoms with Gasteiger partial charge in [0.2, 0.25) is 53.2 Å². The van der Waals surface area contributed by atoms with Gasteiger partial charge in [-0.25, -0.2) is 0 Å². The molecule has 0 spiro atoms. The number of unbranched alkanes of at least 4 members (excludes halogenated alkanes) is 4. The zero-order valence-corrected chi connectivity index (χ0v) is 80.1. The fourth-order valence-corrected chi connectivity index (χ4v) is 23.9. The predicted octanol–water partition coefficient (Wildman–Crippen LogP) is 6.96. The van der Waals surface area contributed by atoms with E-state index in [2.05, 4.69) is 30.2 Å². The van der Waals surface area contributed by atoms with Crippen LogP contribution in [0.25, 0.3) is 21.5 Å². The largest absolute Gasteiger partial charge is 0.481 e. The van der Waals surface area contributed by atoms with Crippen LogP contribution in [0, 0.1) is 11.8 Å². The van der Waals surface area contributed by atoms with Crippen molar-refractivity contribution < 1.29 is 112 Å². The summed E-state index contributed by atoms with van der Waals surface area (Å²) in [6, 6.07) is 8.78. The van der Waals surface area contributed by atoms with E-state index < -0.39 is 126 Å².